The summed E-state index contributed by atoms with van der Waals surface area (Å²) in [5, 5.41) is 14.5. The molecule has 0 aliphatic heterocycles. The molecule has 1 aromatic carbocycles. The first kappa shape index (κ1) is 14.0. The van der Waals surface area contributed by atoms with Gasteiger partial charge in [0, 0.05) is 11.7 Å². The molecule has 0 aliphatic carbocycles. The van der Waals surface area contributed by atoms with Crippen LogP contribution in [-0.4, -0.2) is 18.0 Å². The van der Waals surface area contributed by atoms with Crippen molar-refractivity contribution in [3.05, 3.63) is 29.8 Å². The van der Waals surface area contributed by atoms with Crippen molar-refractivity contribution >= 4 is 11.6 Å². The maximum Gasteiger partial charge on any atom is 0.242 e. The molecule has 18 heavy (non-hydrogen) atoms. The lowest BCUT2D eigenvalue weighted by Gasteiger charge is -2.17. The minimum absolute atomic E-state index is 0.0221. The first-order valence-corrected chi connectivity index (χ1v) is 6.05. The summed E-state index contributed by atoms with van der Waals surface area (Å²) >= 11 is 0. The van der Waals surface area contributed by atoms with Crippen molar-refractivity contribution in [1.82, 2.24) is 5.32 Å². The molecule has 0 spiro atoms. The zero-order valence-electron chi connectivity index (χ0n) is 11.0. The molecule has 0 saturated carbocycles. The van der Waals surface area contributed by atoms with Gasteiger partial charge in [-0.1, -0.05) is 12.1 Å². The first-order valence-electron chi connectivity index (χ1n) is 6.05. The molecule has 1 rings (SSSR count). The highest BCUT2D eigenvalue weighted by Gasteiger charge is 2.12. The van der Waals surface area contributed by atoms with E-state index in [0.29, 0.717) is 6.42 Å². The van der Waals surface area contributed by atoms with Crippen LogP contribution in [0.2, 0.25) is 0 Å². The molecule has 1 unspecified atom stereocenters. The third-order valence-corrected chi connectivity index (χ3v) is 2.44. The summed E-state index contributed by atoms with van der Waals surface area (Å²) in [6, 6.07) is 9.49. The summed E-state index contributed by atoms with van der Waals surface area (Å²) in [6.07, 6.45) is 0.406. The number of nitriles is 1. The van der Waals surface area contributed by atoms with Crippen LogP contribution < -0.4 is 10.6 Å². The molecule has 2 N–H and O–H groups in total. The molecule has 4 heteroatoms. The number of amides is 1. The van der Waals surface area contributed by atoms with Crippen LogP contribution in [0.3, 0.4) is 0 Å². The predicted octanol–water partition coefficient (Wildman–Crippen LogP) is 2.08. The maximum atomic E-state index is 11.7. The third kappa shape index (κ3) is 4.46. The molecule has 96 valence electrons. The van der Waals surface area contributed by atoms with Crippen molar-refractivity contribution < 1.29 is 4.79 Å². The summed E-state index contributed by atoms with van der Waals surface area (Å²) in [6.45, 7) is 5.68. The fourth-order valence-corrected chi connectivity index (χ4v) is 1.54. The molecule has 0 aromatic heterocycles. The van der Waals surface area contributed by atoms with E-state index in [2.05, 4.69) is 16.7 Å². The van der Waals surface area contributed by atoms with Gasteiger partial charge < -0.3 is 10.6 Å². The quantitative estimate of drug-likeness (QED) is 0.834. The van der Waals surface area contributed by atoms with E-state index in [1.54, 1.807) is 0 Å². The molecule has 1 amide bonds. The van der Waals surface area contributed by atoms with E-state index < -0.39 is 0 Å². The highest BCUT2D eigenvalue weighted by molar-refractivity contribution is 5.84. The number of nitrogens with one attached hydrogen (secondary N) is 2. The van der Waals surface area contributed by atoms with Crippen LogP contribution in [0, 0.1) is 11.3 Å². The number of anilines is 1. The number of hydrogen-bond donors (Lipinski definition) is 2. The third-order valence-electron chi connectivity index (χ3n) is 2.44. The smallest absolute Gasteiger partial charge is 0.242 e. The van der Waals surface area contributed by atoms with Crippen molar-refractivity contribution in [3.63, 3.8) is 0 Å². The van der Waals surface area contributed by atoms with Crippen molar-refractivity contribution in [2.24, 2.45) is 0 Å². The van der Waals surface area contributed by atoms with Gasteiger partial charge in [0.2, 0.25) is 5.91 Å². The number of carbonyl (C=O) groups excluding carboxylic acids is 1. The molecule has 4 nitrogen and oxygen atoms in total. The Bertz CT molecular complexity index is 431. The van der Waals surface area contributed by atoms with Gasteiger partial charge >= 0.3 is 0 Å². The normalized spacial score (nSPS) is 11.7. The van der Waals surface area contributed by atoms with Crippen LogP contribution in [0.25, 0.3) is 0 Å². The molecule has 0 fully saturated rings. The van der Waals surface area contributed by atoms with E-state index in [1.165, 1.54) is 0 Å². The predicted molar refractivity (Wildman–Crippen MR) is 72.1 cm³/mol. The summed E-state index contributed by atoms with van der Waals surface area (Å²) in [5.74, 6) is -0.0221. The first-order chi connectivity index (χ1) is 8.52. The number of rotatable bonds is 5. The van der Waals surface area contributed by atoms with Gasteiger partial charge in [-0.25, -0.2) is 0 Å². The molecule has 0 bridgehead atoms. The minimum Gasteiger partial charge on any atom is -0.374 e. The maximum absolute atomic E-state index is 11.7. The average molecular weight is 245 g/mol. The van der Waals surface area contributed by atoms with Crippen molar-refractivity contribution in [1.29, 1.82) is 5.26 Å². The van der Waals surface area contributed by atoms with Gasteiger partial charge in [0.05, 0.1) is 12.5 Å². The zero-order valence-corrected chi connectivity index (χ0v) is 11.0. The summed E-state index contributed by atoms with van der Waals surface area (Å²) < 4.78 is 0. The SMILES string of the molecule is CC(C)NC(=O)C(C)Nc1ccc(CC#N)cc1. The van der Waals surface area contributed by atoms with E-state index >= 15 is 0 Å². The largest absolute Gasteiger partial charge is 0.374 e. The number of hydrogen-bond acceptors (Lipinski definition) is 3. The van der Waals surface area contributed by atoms with Crippen LogP contribution in [0.5, 0.6) is 0 Å². The van der Waals surface area contributed by atoms with E-state index in [4.69, 9.17) is 5.26 Å². The lowest BCUT2D eigenvalue weighted by Crippen LogP contribution is -2.40. The highest BCUT2D eigenvalue weighted by atomic mass is 16.2. The Morgan fingerprint density at radius 2 is 1.89 bits per heavy atom. The standard InChI is InChI=1S/C14H19N3O/c1-10(2)16-14(18)11(3)17-13-6-4-12(5-7-13)8-9-15/h4-7,10-11,17H,8H2,1-3H3,(H,16,18). The summed E-state index contributed by atoms with van der Waals surface area (Å²) in [4.78, 5) is 11.7. The topological polar surface area (TPSA) is 64.9 Å². The van der Waals surface area contributed by atoms with E-state index in [9.17, 15) is 4.79 Å². The van der Waals surface area contributed by atoms with Gasteiger partial charge in [0.15, 0.2) is 0 Å². The van der Waals surface area contributed by atoms with Crippen molar-refractivity contribution in [2.75, 3.05) is 5.32 Å². The Morgan fingerprint density at radius 1 is 1.28 bits per heavy atom. The minimum atomic E-state index is -0.283. The van der Waals surface area contributed by atoms with Gasteiger partial charge in [0.25, 0.3) is 0 Å². The Morgan fingerprint density at radius 3 is 2.39 bits per heavy atom. The second-order valence-corrected chi connectivity index (χ2v) is 4.56. The zero-order chi connectivity index (χ0) is 13.5. The van der Waals surface area contributed by atoms with Gasteiger partial charge in [-0.15, -0.1) is 0 Å². The van der Waals surface area contributed by atoms with E-state index in [1.807, 2.05) is 45.0 Å². The molecule has 0 saturated heterocycles. The Labute approximate surface area is 108 Å². The molecular formula is C14H19N3O. The number of benzene rings is 1. The lowest BCUT2D eigenvalue weighted by molar-refractivity contribution is -0.122. The van der Waals surface area contributed by atoms with E-state index in [-0.39, 0.29) is 18.0 Å². The van der Waals surface area contributed by atoms with E-state index in [0.717, 1.165) is 11.3 Å². The van der Waals surface area contributed by atoms with Gasteiger partial charge in [0.1, 0.15) is 6.04 Å². The van der Waals surface area contributed by atoms with Crippen molar-refractivity contribution in [3.8, 4) is 6.07 Å². The van der Waals surface area contributed by atoms with Crippen LogP contribution >= 0.6 is 0 Å². The van der Waals surface area contributed by atoms with Gasteiger partial charge in [-0.3, -0.25) is 4.79 Å². The molecule has 1 aromatic rings. The Balaban J connectivity index is 2.56. The summed E-state index contributed by atoms with van der Waals surface area (Å²) in [5.41, 5.74) is 1.85. The second-order valence-electron chi connectivity index (χ2n) is 4.56. The molecular weight excluding hydrogens is 226 g/mol. The molecule has 0 aliphatic rings. The fraction of sp³-hybridized carbons (Fsp3) is 0.429. The number of nitrogens with zero attached hydrogens (tertiary/aromatic N) is 1. The van der Waals surface area contributed by atoms with Gasteiger partial charge in [-0.05, 0) is 38.5 Å². The van der Waals surface area contributed by atoms with Crippen molar-refractivity contribution in [2.45, 2.75) is 39.3 Å². The number of carbonyl (C=O) groups is 1. The lowest BCUT2D eigenvalue weighted by atomic mass is 10.1. The Hall–Kier alpha value is -2.02. The summed E-state index contributed by atoms with van der Waals surface area (Å²) in [7, 11) is 0. The fourth-order valence-electron chi connectivity index (χ4n) is 1.54. The second kappa shape index (κ2) is 6.65. The van der Waals surface area contributed by atoms with Crippen LogP contribution in [-0.2, 0) is 11.2 Å². The molecule has 0 radical (unpaired) electrons. The average Bonchev–Trinajstić information content (AvgIpc) is 2.31. The Kier molecular flexibility index (Phi) is 5.19. The van der Waals surface area contributed by atoms with Crippen LogP contribution in [0.15, 0.2) is 24.3 Å². The van der Waals surface area contributed by atoms with Crippen LogP contribution in [0.4, 0.5) is 5.69 Å². The molecule has 0 heterocycles. The van der Waals surface area contributed by atoms with Crippen LogP contribution in [0.1, 0.15) is 26.3 Å². The monoisotopic (exact) mass is 245 g/mol. The highest BCUT2D eigenvalue weighted by Crippen LogP contribution is 2.11. The molecule has 1 atom stereocenters. The van der Waals surface area contributed by atoms with Gasteiger partial charge in [-0.2, -0.15) is 5.26 Å².